The molecule has 124 valence electrons. The second-order valence-corrected chi connectivity index (χ2v) is 7.01. The van der Waals surface area contributed by atoms with Crippen molar-refractivity contribution in [2.24, 2.45) is 0 Å². The van der Waals surface area contributed by atoms with Crippen LogP contribution in [0.15, 0.2) is 42.6 Å². The maximum atomic E-state index is 12.1. The number of thiazole rings is 1. The average Bonchev–Trinajstić information content (AvgIpc) is 3.12. The Morgan fingerprint density at radius 3 is 2.84 bits per heavy atom. The number of hydrogen-bond donors (Lipinski definition) is 2. The van der Waals surface area contributed by atoms with Gasteiger partial charge in [0.15, 0.2) is 5.13 Å². The third kappa shape index (κ3) is 3.04. The van der Waals surface area contributed by atoms with Crippen LogP contribution in [0.5, 0.6) is 0 Å². The van der Waals surface area contributed by atoms with E-state index in [9.17, 15) is 4.79 Å². The normalized spacial score (nSPS) is 11.6. The number of anilines is 1. The number of hydrogen-bond acceptors (Lipinski definition) is 4. The summed E-state index contributed by atoms with van der Waals surface area (Å²) >= 11 is 1.47. The number of nitrogens with zero attached hydrogens (tertiary/aromatic N) is 2. The van der Waals surface area contributed by atoms with Gasteiger partial charge in [0.05, 0.1) is 23.1 Å². The van der Waals surface area contributed by atoms with Gasteiger partial charge in [-0.2, -0.15) is 0 Å². The first-order valence-corrected chi connectivity index (χ1v) is 8.71. The second-order valence-electron chi connectivity index (χ2n) is 5.81. The molecule has 1 amide bonds. The summed E-state index contributed by atoms with van der Waals surface area (Å²) in [5.74, 6) is -0.213. The maximum Gasteiger partial charge on any atom is 0.250 e. The third-order valence-corrected chi connectivity index (χ3v) is 5.06. The van der Waals surface area contributed by atoms with Crippen molar-refractivity contribution in [1.29, 1.82) is 0 Å². The number of H-pyrrole nitrogens is 1. The molecule has 0 atom stereocenters. The molecule has 0 aliphatic heterocycles. The minimum Gasteiger partial charge on any atom is -0.353 e. The molecular weight excluding hydrogens is 332 g/mol. The zero-order valence-corrected chi connectivity index (χ0v) is 14.6. The van der Waals surface area contributed by atoms with E-state index in [1.807, 2.05) is 38.1 Å². The van der Waals surface area contributed by atoms with Gasteiger partial charge in [-0.25, -0.2) is 4.98 Å². The first kappa shape index (κ1) is 15.5. The Kier molecular flexibility index (Phi) is 3.82. The van der Waals surface area contributed by atoms with Gasteiger partial charge in [-0.15, -0.1) is 11.3 Å². The van der Waals surface area contributed by atoms with E-state index >= 15 is 0 Å². The molecule has 3 heterocycles. The van der Waals surface area contributed by atoms with Crippen LogP contribution in [-0.2, 0) is 4.79 Å². The highest BCUT2D eigenvalue weighted by Crippen LogP contribution is 2.25. The molecule has 5 nitrogen and oxygen atoms in total. The Hall–Kier alpha value is -2.99. The minimum atomic E-state index is -0.213. The lowest BCUT2D eigenvalue weighted by atomic mass is 10.1. The molecule has 0 saturated heterocycles. The van der Waals surface area contributed by atoms with Crippen LogP contribution in [-0.4, -0.2) is 20.9 Å². The molecule has 25 heavy (non-hydrogen) atoms. The van der Waals surface area contributed by atoms with E-state index in [0.29, 0.717) is 5.13 Å². The van der Waals surface area contributed by atoms with E-state index in [4.69, 9.17) is 0 Å². The van der Waals surface area contributed by atoms with Crippen LogP contribution < -0.4 is 5.32 Å². The summed E-state index contributed by atoms with van der Waals surface area (Å²) in [7, 11) is 0. The molecule has 0 bridgehead atoms. The van der Waals surface area contributed by atoms with Gasteiger partial charge in [0.2, 0.25) is 5.91 Å². The van der Waals surface area contributed by atoms with Crippen molar-refractivity contribution in [2.75, 3.05) is 5.32 Å². The molecule has 4 rings (SSSR count). The fourth-order valence-corrected chi connectivity index (χ4v) is 3.51. The van der Waals surface area contributed by atoms with E-state index in [1.54, 1.807) is 12.3 Å². The third-order valence-electron chi connectivity index (χ3n) is 4.08. The predicted octanol–water partition coefficient (Wildman–Crippen LogP) is 4.44. The number of aromatic amines is 1. The van der Waals surface area contributed by atoms with Crippen molar-refractivity contribution in [3.05, 3.63) is 58.9 Å². The van der Waals surface area contributed by atoms with Crippen molar-refractivity contribution in [3.63, 3.8) is 0 Å². The van der Waals surface area contributed by atoms with Crippen molar-refractivity contribution in [3.8, 4) is 0 Å². The van der Waals surface area contributed by atoms with Crippen LogP contribution in [0.25, 0.3) is 27.9 Å². The zero-order chi connectivity index (χ0) is 17.4. The van der Waals surface area contributed by atoms with Crippen molar-refractivity contribution < 1.29 is 4.79 Å². The highest BCUT2D eigenvalue weighted by molar-refractivity contribution is 7.15. The second kappa shape index (κ2) is 6.14. The molecule has 4 aromatic rings. The number of carbonyl (C=O) groups is 1. The van der Waals surface area contributed by atoms with Gasteiger partial charge in [0, 0.05) is 27.2 Å². The van der Waals surface area contributed by atoms with Gasteiger partial charge in [0.1, 0.15) is 0 Å². The van der Waals surface area contributed by atoms with E-state index in [1.165, 1.54) is 17.4 Å². The van der Waals surface area contributed by atoms with Gasteiger partial charge < -0.3 is 4.98 Å². The number of nitrogens with one attached hydrogen (secondary N) is 2. The fourth-order valence-electron chi connectivity index (χ4n) is 2.69. The average molecular weight is 348 g/mol. The summed E-state index contributed by atoms with van der Waals surface area (Å²) in [6.07, 6.45) is 4.99. The number of amides is 1. The molecule has 0 saturated carbocycles. The van der Waals surface area contributed by atoms with E-state index in [-0.39, 0.29) is 5.91 Å². The number of aryl methyl sites for hydroxylation is 2. The van der Waals surface area contributed by atoms with Gasteiger partial charge in [0.25, 0.3) is 0 Å². The quantitative estimate of drug-likeness (QED) is 0.538. The monoisotopic (exact) mass is 348 g/mol. The lowest BCUT2D eigenvalue weighted by Crippen LogP contribution is -2.07. The van der Waals surface area contributed by atoms with E-state index in [0.717, 1.165) is 38.1 Å². The lowest BCUT2D eigenvalue weighted by molar-refractivity contribution is -0.111. The Bertz CT molecular complexity index is 1100. The topological polar surface area (TPSA) is 70.7 Å². The molecule has 6 heteroatoms. The lowest BCUT2D eigenvalue weighted by Gasteiger charge is -1.97. The maximum absolute atomic E-state index is 12.1. The Balaban J connectivity index is 1.58. The van der Waals surface area contributed by atoms with Crippen molar-refractivity contribution >= 4 is 50.3 Å². The van der Waals surface area contributed by atoms with Gasteiger partial charge in [-0.05, 0) is 32.1 Å². The number of carbonyl (C=O) groups excluding carboxylic acids is 1. The molecule has 0 spiro atoms. The van der Waals surface area contributed by atoms with Crippen LogP contribution in [0.2, 0.25) is 0 Å². The number of aromatic nitrogens is 3. The highest BCUT2D eigenvalue weighted by atomic mass is 32.1. The standard InChI is InChI=1S/C19H16N4OS/c1-11-12(2)25-19(21-11)23-18(24)8-7-13-9-15-14-5-3-4-6-16(14)22-17(15)10-20-13/h3-10,22H,1-2H3,(H,21,23,24)/b8-7+. The Morgan fingerprint density at radius 2 is 2.04 bits per heavy atom. The first-order chi connectivity index (χ1) is 12.1. The number of para-hydroxylation sites is 1. The minimum absolute atomic E-state index is 0.213. The fraction of sp³-hybridized carbons (Fsp3) is 0.105. The largest absolute Gasteiger partial charge is 0.353 e. The summed E-state index contributed by atoms with van der Waals surface area (Å²) in [5.41, 5.74) is 3.74. The molecule has 0 aliphatic rings. The number of fused-ring (bicyclic) bond motifs is 3. The van der Waals surface area contributed by atoms with E-state index in [2.05, 4.69) is 26.3 Å². The first-order valence-electron chi connectivity index (χ1n) is 7.90. The van der Waals surface area contributed by atoms with Gasteiger partial charge in [-0.3, -0.25) is 15.1 Å². The summed E-state index contributed by atoms with van der Waals surface area (Å²) in [4.78, 5) is 25.2. The summed E-state index contributed by atoms with van der Waals surface area (Å²) in [5, 5.41) is 5.64. The van der Waals surface area contributed by atoms with E-state index < -0.39 is 0 Å². The van der Waals surface area contributed by atoms with Crippen molar-refractivity contribution in [1.82, 2.24) is 15.0 Å². The van der Waals surface area contributed by atoms with Crippen LogP contribution in [0.1, 0.15) is 16.3 Å². The molecule has 1 aromatic carbocycles. The SMILES string of the molecule is Cc1nc(NC(=O)/C=C/c2cc3c(cn2)[nH]c2ccccc23)sc1C. The molecule has 0 radical (unpaired) electrons. The van der Waals surface area contributed by atoms with Crippen LogP contribution >= 0.6 is 11.3 Å². The molecule has 2 N–H and O–H groups in total. The summed E-state index contributed by atoms with van der Waals surface area (Å²) in [6, 6.07) is 10.1. The number of benzene rings is 1. The molecule has 3 aromatic heterocycles. The molecule has 0 fully saturated rings. The molecule has 0 aliphatic carbocycles. The molecular formula is C19H16N4OS. The van der Waals surface area contributed by atoms with Crippen LogP contribution in [0.4, 0.5) is 5.13 Å². The summed E-state index contributed by atoms with van der Waals surface area (Å²) < 4.78 is 0. The smallest absolute Gasteiger partial charge is 0.250 e. The van der Waals surface area contributed by atoms with Gasteiger partial charge >= 0.3 is 0 Å². The Labute approximate surface area is 148 Å². The highest BCUT2D eigenvalue weighted by Gasteiger charge is 2.07. The summed E-state index contributed by atoms with van der Waals surface area (Å²) in [6.45, 7) is 3.91. The van der Waals surface area contributed by atoms with Crippen molar-refractivity contribution in [2.45, 2.75) is 13.8 Å². The van der Waals surface area contributed by atoms with Crippen LogP contribution in [0.3, 0.4) is 0 Å². The zero-order valence-electron chi connectivity index (χ0n) is 13.8. The van der Waals surface area contributed by atoms with Crippen LogP contribution in [0, 0.1) is 13.8 Å². The van der Waals surface area contributed by atoms with Gasteiger partial charge in [-0.1, -0.05) is 18.2 Å². The number of pyridine rings is 1. The number of rotatable bonds is 3. The predicted molar refractivity (Wildman–Crippen MR) is 103 cm³/mol. The molecule has 0 unspecified atom stereocenters. The Morgan fingerprint density at radius 1 is 1.20 bits per heavy atom.